The van der Waals surface area contributed by atoms with Gasteiger partial charge in [-0.05, 0) is 17.7 Å². The van der Waals surface area contributed by atoms with E-state index in [0.717, 1.165) is 0 Å². The Hall–Kier alpha value is -0.530. The third kappa shape index (κ3) is 1.95. The molecule has 1 aromatic carbocycles. The maximum atomic E-state index is 12.6. The highest BCUT2D eigenvalue weighted by molar-refractivity contribution is 6.48. The van der Waals surface area contributed by atoms with Gasteiger partial charge < -0.3 is 0 Å². The van der Waals surface area contributed by atoms with Crippen LogP contribution in [0, 0.1) is 5.82 Å². The summed E-state index contributed by atoms with van der Waals surface area (Å²) < 4.78 is 12.6. The molecule has 0 fully saturated rings. The third-order valence-electron chi connectivity index (χ3n) is 1.23. The first kappa shape index (κ1) is 8.57. The molecule has 0 amide bonds. The molecule has 58 valence electrons. The molecule has 0 bridgehead atoms. The Morgan fingerprint density at radius 1 is 1.45 bits per heavy atom. The Bertz CT molecular complexity index is 294. The molecule has 0 nitrogen and oxygen atoms in total. The molecule has 0 unspecified atom stereocenters. The maximum Gasteiger partial charge on any atom is 0.141 e. The zero-order valence-corrected chi connectivity index (χ0v) is 7.08. The number of hydrogen-bond acceptors (Lipinski definition) is 0. The topological polar surface area (TPSA) is 0 Å². The van der Waals surface area contributed by atoms with E-state index in [2.05, 4.69) is 6.58 Å². The van der Waals surface area contributed by atoms with E-state index in [1.807, 2.05) is 0 Å². The highest BCUT2D eigenvalue weighted by Crippen LogP contribution is 2.22. The summed E-state index contributed by atoms with van der Waals surface area (Å²) in [6.45, 7) is 3.48. The molecule has 0 N–H and O–H groups in total. The van der Waals surface area contributed by atoms with Gasteiger partial charge in [0.1, 0.15) is 5.82 Å². The number of halogens is 3. The Kier molecular flexibility index (Phi) is 2.53. The lowest BCUT2D eigenvalue weighted by Gasteiger charge is -1.98. The molecule has 0 aromatic heterocycles. The standard InChI is InChI=1S/C8H5Cl2F/c1-5(9)6-2-3-8(11)7(10)4-6/h2-4H,1H2. The molecule has 0 radical (unpaired) electrons. The smallest absolute Gasteiger partial charge is 0.141 e. The van der Waals surface area contributed by atoms with Crippen LogP contribution in [-0.2, 0) is 0 Å². The SMILES string of the molecule is C=C(Cl)c1ccc(F)c(Cl)c1. The Morgan fingerprint density at radius 3 is 2.55 bits per heavy atom. The molecule has 0 saturated carbocycles. The summed E-state index contributed by atoms with van der Waals surface area (Å²) in [6, 6.07) is 4.22. The Balaban J connectivity index is 3.15. The van der Waals surface area contributed by atoms with Crippen molar-refractivity contribution >= 4 is 28.2 Å². The van der Waals surface area contributed by atoms with Gasteiger partial charge >= 0.3 is 0 Å². The largest absolute Gasteiger partial charge is 0.205 e. The van der Waals surface area contributed by atoms with Crippen LogP contribution in [0.5, 0.6) is 0 Å². The van der Waals surface area contributed by atoms with E-state index in [4.69, 9.17) is 23.2 Å². The Morgan fingerprint density at radius 2 is 2.09 bits per heavy atom. The molecule has 0 aliphatic rings. The maximum absolute atomic E-state index is 12.6. The first-order chi connectivity index (χ1) is 5.11. The van der Waals surface area contributed by atoms with Crippen LogP contribution in [0.4, 0.5) is 4.39 Å². The van der Waals surface area contributed by atoms with Crippen molar-refractivity contribution in [3.63, 3.8) is 0 Å². The van der Waals surface area contributed by atoms with E-state index in [0.29, 0.717) is 10.6 Å². The van der Waals surface area contributed by atoms with Gasteiger partial charge in [0, 0.05) is 5.03 Å². The van der Waals surface area contributed by atoms with Crippen molar-refractivity contribution in [3.05, 3.63) is 41.2 Å². The van der Waals surface area contributed by atoms with Crippen LogP contribution >= 0.6 is 23.2 Å². The summed E-state index contributed by atoms with van der Waals surface area (Å²) >= 11 is 11.0. The minimum Gasteiger partial charge on any atom is -0.205 e. The van der Waals surface area contributed by atoms with E-state index in [1.54, 1.807) is 0 Å². The van der Waals surface area contributed by atoms with Gasteiger partial charge in [-0.3, -0.25) is 0 Å². The molecule has 0 atom stereocenters. The Labute approximate surface area is 74.2 Å². The molecule has 0 saturated heterocycles. The highest BCUT2D eigenvalue weighted by atomic mass is 35.5. The molecule has 11 heavy (non-hydrogen) atoms. The lowest BCUT2D eigenvalue weighted by molar-refractivity contribution is 0.628. The first-order valence-electron chi connectivity index (χ1n) is 2.91. The van der Waals surface area contributed by atoms with Gasteiger partial charge in [0.25, 0.3) is 0 Å². The van der Waals surface area contributed by atoms with Gasteiger partial charge in [0.15, 0.2) is 0 Å². The summed E-state index contributed by atoms with van der Waals surface area (Å²) in [6.07, 6.45) is 0. The summed E-state index contributed by atoms with van der Waals surface area (Å²) in [5.41, 5.74) is 0.637. The average Bonchev–Trinajstić information content (AvgIpc) is 1.94. The summed E-state index contributed by atoms with van der Waals surface area (Å²) in [5.74, 6) is -0.451. The molecule has 1 rings (SSSR count). The van der Waals surface area contributed by atoms with Crippen LogP contribution in [-0.4, -0.2) is 0 Å². The van der Waals surface area contributed by atoms with Crippen LogP contribution < -0.4 is 0 Å². The van der Waals surface area contributed by atoms with Crippen LogP contribution in [0.25, 0.3) is 5.03 Å². The normalized spacial score (nSPS) is 9.73. The van der Waals surface area contributed by atoms with Gasteiger partial charge in [0.05, 0.1) is 5.02 Å². The van der Waals surface area contributed by atoms with E-state index in [1.165, 1.54) is 18.2 Å². The molecule has 0 spiro atoms. The van der Waals surface area contributed by atoms with Crippen molar-refractivity contribution in [3.8, 4) is 0 Å². The van der Waals surface area contributed by atoms with Crippen LogP contribution in [0.15, 0.2) is 24.8 Å². The van der Waals surface area contributed by atoms with E-state index < -0.39 is 5.82 Å². The summed E-state index contributed by atoms with van der Waals surface area (Å²) in [7, 11) is 0. The second-order valence-electron chi connectivity index (χ2n) is 2.03. The fraction of sp³-hybridized carbons (Fsp3) is 0. The van der Waals surface area contributed by atoms with Crippen LogP contribution in [0.1, 0.15) is 5.56 Å². The molecule has 1 aromatic rings. The van der Waals surface area contributed by atoms with Gasteiger partial charge in [-0.15, -0.1) is 0 Å². The van der Waals surface area contributed by atoms with Gasteiger partial charge in [-0.1, -0.05) is 35.8 Å². The highest BCUT2D eigenvalue weighted by Gasteiger charge is 2.01. The number of hydrogen-bond donors (Lipinski definition) is 0. The van der Waals surface area contributed by atoms with E-state index >= 15 is 0 Å². The monoisotopic (exact) mass is 190 g/mol. The lowest BCUT2D eigenvalue weighted by atomic mass is 10.2. The van der Waals surface area contributed by atoms with Crippen molar-refractivity contribution in [2.45, 2.75) is 0 Å². The van der Waals surface area contributed by atoms with Crippen LogP contribution in [0.3, 0.4) is 0 Å². The summed E-state index contributed by atoms with van der Waals surface area (Å²) in [4.78, 5) is 0. The number of benzene rings is 1. The predicted molar refractivity (Wildman–Crippen MR) is 46.3 cm³/mol. The minimum atomic E-state index is -0.451. The molecule has 0 aliphatic heterocycles. The molecule has 3 heteroatoms. The zero-order valence-electron chi connectivity index (χ0n) is 5.57. The zero-order chi connectivity index (χ0) is 8.43. The number of rotatable bonds is 1. The molecule has 0 aliphatic carbocycles. The predicted octanol–water partition coefficient (Wildman–Crippen LogP) is 3.69. The van der Waals surface area contributed by atoms with Crippen molar-refractivity contribution in [1.29, 1.82) is 0 Å². The second kappa shape index (κ2) is 3.24. The second-order valence-corrected chi connectivity index (χ2v) is 2.90. The van der Waals surface area contributed by atoms with Crippen LogP contribution in [0.2, 0.25) is 5.02 Å². The summed E-state index contributed by atoms with van der Waals surface area (Å²) in [5, 5.41) is 0.413. The fourth-order valence-electron chi connectivity index (χ4n) is 0.665. The molecule has 0 heterocycles. The van der Waals surface area contributed by atoms with Gasteiger partial charge in [-0.25, -0.2) is 4.39 Å². The van der Waals surface area contributed by atoms with Crippen molar-refractivity contribution in [1.82, 2.24) is 0 Å². The molecular weight excluding hydrogens is 186 g/mol. The third-order valence-corrected chi connectivity index (χ3v) is 1.74. The fourth-order valence-corrected chi connectivity index (χ4v) is 0.963. The lowest BCUT2D eigenvalue weighted by Crippen LogP contribution is -1.79. The van der Waals surface area contributed by atoms with Crippen molar-refractivity contribution in [2.24, 2.45) is 0 Å². The minimum absolute atomic E-state index is 0.0595. The van der Waals surface area contributed by atoms with Gasteiger partial charge in [-0.2, -0.15) is 0 Å². The van der Waals surface area contributed by atoms with Crippen molar-refractivity contribution < 1.29 is 4.39 Å². The van der Waals surface area contributed by atoms with Gasteiger partial charge in [0.2, 0.25) is 0 Å². The van der Waals surface area contributed by atoms with E-state index in [9.17, 15) is 4.39 Å². The van der Waals surface area contributed by atoms with Crippen molar-refractivity contribution in [2.75, 3.05) is 0 Å². The van der Waals surface area contributed by atoms with E-state index in [-0.39, 0.29) is 5.02 Å². The molecular formula is C8H5Cl2F. The quantitative estimate of drug-likeness (QED) is 0.634. The first-order valence-corrected chi connectivity index (χ1v) is 3.66. The average molecular weight is 191 g/mol.